The van der Waals surface area contributed by atoms with Crippen molar-refractivity contribution in [2.24, 2.45) is 0 Å². The molecule has 0 aromatic carbocycles. The summed E-state index contributed by atoms with van der Waals surface area (Å²) in [6.07, 6.45) is 6.20. The summed E-state index contributed by atoms with van der Waals surface area (Å²) in [5, 5.41) is 6.17. The van der Waals surface area contributed by atoms with Crippen LogP contribution in [-0.2, 0) is 9.59 Å². The van der Waals surface area contributed by atoms with Crippen molar-refractivity contribution in [3.05, 3.63) is 0 Å². The van der Waals surface area contributed by atoms with Crippen molar-refractivity contribution in [3.8, 4) is 0 Å². The van der Waals surface area contributed by atoms with Gasteiger partial charge in [-0.1, -0.05) is 12.8 Å². The summed E-state index contributed by atoms with van der Waals surface area (Å²) >= 11 is 0. The number of hydrogen-bond acceptors (Lipinski definition) is 3. The average molecular weight is 267 g/mol. The monoisotopic (exact) mass is 267 g/mol. The molecule has 2 heterocycles. The third kappa shape index (κ3) is 4.20. The lowest BCUT2D eigenvalue weighted by atomic mass is 10.2. The standard InChI is InChI=1S/C14H25N3O2/c1-11(15-10-12-6-7-13(18)16-12)14(19)17-8-4-2-3-5-9-17/h11-12,15H,2-10H2,1H3,(H,16,18). The van der Waals surface area contributed by atoms with Crippen molar-refractivity contribution in [1.82, 2.24) is 15.5 Å². The van der Waals surface area contributed by atoms with Crippen molar-refractivity contribution in [3.63, 3.8) is 0 Å². The SMILES string of the molecule is CC(NCC1CCC(=O)N1)C(=O)N1CCCCCC1. The smallest absolute Gasteiger partial charge is 0.239 e. The van der Waals surface area contributed by atoms with Gasteiger partial charge in [-0.15, -0.1) is 0 Å². The van der Waals surface area contributed by atoms with Crippen LogP contribution in [0.2, 0.25) is 0 Å². The molecule has 5 nitrogen and oxygen atoms in total. The number of carbonyl (C=O) groups excluding carboxylic acids is 2. The molecule has 2 atom stereocenters. The molecule has 2 unspecified atom stereocenters. The van der Waals surface area contributed by atoms with Gasteiger partial charge in [-0.25, -0.2) is 0 Å². The number of likely N-dealkylation sites (tertiary alicyclic amines) is 1. The Kier molecular flexibility index (Phi) is 5.19. The lowest BCUT2D eigenvalue weighted by Crippen LogP contribution is -2.48. The summed E-state index contributed by atoms with van der Waals surface area (Å²) in [4.78, 5) is 25.4. The molecule has 2 fully saturated rings. The molecule has 2 saturated heterocycles. The fraction of sp³-hybridized carbons (Fsp3) is 0.857. The van der Waals surface area contributed by atoms with Crippen LogP contribution in [0.4, 0.5) is 0 Å². The van der Waals surface area contributed by atoms with Gasteiger partial charge < -0.3 is 15.5 Å². The molecule has 2 N–H and O–H groups in total. The van der Waals surface area contributed by atoms with E-state index < -0.39 is 0 Å². The number of carbonyl (C=O) groups is 2. The Bertz CT molecular complexity index is 325. The maximum atomic E-state index is 12.3. The predicted molar refractivity (Wildman–Crippen MR) is 73.7 cm³/mol. The zero-order chi connectivity index (χ0) is 13.7. The van der Waals surface area contributed by atoms with E-state index in [1.54, 1.807) is 0 Å². The van der Waals surface area contributed by atoms with Gasteiger partial charge in [-0.3, -0.25) is 9.59 Å². The van der Waals surface area contributed by atoms with Crippen LogP contribution in [0.1, 0.15) is 45.4 Å². The van der Waals surface area contributed by atoms with Crippen molar-refractivity contribution < 1.29 is 9.59 Å². The molecule has 2 aliphatic heterocycles. The Morgan fingerprint density at radius 1 is 1.37 bits per heavy atom. The average Bonchev–Trinajstić information content (AvgIpc) is 2.67. The minimum absolute atomic E-state index is 0.123. The summed E-state index contributed by atoms with van der Waals surface area (Å²) in [6, 6.07) is 0.0301. The highest BCUT2D eigenvalue weighted by atomic mass is 16.2. The molecule has 0 radical (unpaired) electrons. The van der Waals surface area contributed by atoms with Crippen molar-refractivity contribution in [2.45, 2.75) is 57.5 Å². The quantitative estimate of drug-likeness (QED) is 0.786. The van der Waals surface area contributed by atoms with Gasteiger partial charge in [-0.2, -0.15) is 0 Å². The first kappa shape index (κ1) is 14.3. The molecule has 0 aromatic rings. The van der Waals surface area contributed by atoms with Crippen LogP contribution >= 0.6 is 0 Å². The normalized spacial score (nSPS) is 25.8. The van der Waals surface area contributed by atoms with Gasteiger partial charge in [0.1, 0.15) is 0 Å². The van der Waals surface area contributed by atoms with Gasteiger partial charge >= 0.3 is 0 Å². The highest BCUT2D eigenvalue weighted by Gasteiger charge is 2.24. The van der Waals surface area contributed by atoms with Crippen LogP contribution in [0.15, 0.2) is 0 Å². The van der Waals surface area contributed by atoms with Gasteiger partial charge in [0.25, 0.3) is 0 Å². The minimum Gasteiger partial charge on any atom is -0.352 e. The first-order chi connectivity index (χ1) is 9.16. The molecule has 2 rings (SSSR count). The van der Waals surface area contributed by atoms with E-state index in [9.17, 15) is 9.59 Å². The largest absolute Gasteiger partial charge is 0.352 e. The van der Waals surface area contributed by atoms with Gasteiger partial charge in [0, 0.05) is 32.1 Å². The van der Waals surface area contributed by atoms with Crippen LogP contribution in [0.3, 0.4) is 0 Å². The second kappa shape index (κ2) is 6.89. The third-order valence-corrected chi connectivity index (χ3v) is 4.04. The second-order valence-corrected chi connectivity index (χ2v) is 5.67. The fourth-order valence-corrected chi connectivity index (χ4v) is 2.80. The van der Waals surface area contributed by atoms with E-state index in [1.165, 1.54) is 12.8 Å². The molecule has 2 amide bonds. The van der Waals surface area contributed by atoms with Crippen LogP contribution in [-0.4, -0.2) is 48.4 Å². The molecule has 0 aliphatic carbocycles. The molecule has 0 aromatic heterocycles. The number of rotatable bonds is 4. The molecule has 0 bridgehead atoms. The minimum atomic E-state index is -0.157. The Morgan fingerprint density at radius 2 is 2.05 bits per heavy atom. The van der Waals surface area contributed by atoms with E-state index >= 15 is 0 Å². The summed E-state index contributed by atoms with van der Waals surface area (Å²) < 4.78 is 0. The van der Waals surface area contributed by atoms with Gasteiger partial charge in [0.15, 0.2) is 0 Å². The predicted octanol–water partition coefficient (Wildman–Crippen LogP) is 0.646. The van der Waals surface area contributed by atoms with E-state index in [2.05, 4.69) is 10.6 Å². The Hall–Kier alpha value is -1.10. The van der Waals surface area contributed by atoms with Gasteiger partial charge in [0.2, 0.25) is 11.8 Å². The van der Waals surface area contributed by atoms with Crippen LogP contribution in [0.25, 0.3) is 0 Å². The van der Waals surface area contributed by atoms with E-state index in [1.807, 2.05) is 11.8 Å². The second-order valence-electron chi connectivity index (χ2n) is 5.67. The molecular formula is C14H25N3O2. The highest BCUT2D eigenvalue weighted by molar-refractivity contribution is 5.81. The number of amides is 2. The van der Waals surface area contributed by atoms with E-state index in [4.69, 9.17) is 0 Å². The fourth-order valence-electron chi connectivity index (χ4n) is 2.80. The maximum Gasteiger partial charge on any atom is 0.239 e. The van der Waals surface area contributed by atoms with Crippen LogP contribution in [0.5, 0.6) is 0 Å². The number of nitrogens with one attached hydrogen (secondary N) is 2. The van der Waals surface area contributed by atoms with Crippen LogP contribution < -0.4 is 10.6 Å². The Labute approximate surface area is 115 Å². The summed E-state index contributed by atoms with van der Waals surface area (Å²) in [5.74, 6) is 0.324. The van der Waals surface area contributed by atoms with E-state index in [-0.39, 0.29) is 23.9 Å². The van der Waals surface area contributed by atoms with Crippen molar-refractivity contribution in [2.75, 3.05) is 19.6 Å². The molecule has 5 heteroatoms. The van der Waals surface area contributed by atoms with Gasteiger partial charge in [-0.05, 0) is 26.2 Å². The van der Waals surface area contributed by atoms with E-state index in [0.29, 0.717) is 13.0 Å². The van der Waals surface area contributed by atoms with E-state index in [0.717, 1.165) is 32.4 Å². The third-order valence-electron chi connectivity index (χ3n) is 4.04. The molecule has 19 heavy (non-hydrogen) atoms. The lowest BCUT2D eigenvalue weighted by molar-refractivity contribution is -0.133. The zero-order valence-corrected chi connectivity index (χ0v) is 11.8. The van der Waals surface area contributed by atoms with Crippen molar-refractivity contribution >= 4 is 11.8 Å². The Balaban J connectivity index is 1.73. The molecule has 0 spiro atoms. The molecule has 108 valence electrons. The van der Waals surface area contributed by atoms with Crippen molar-refractivity contribution in [1.29, 1.82) is 0 Å². The van der Waals surface area contributed by atoms with Crippen LogP contribution in [0, 0.1) is 0 Å². The number of hydrogen-bond donors (Lipinski definition) is 2. The molecular weight excluding hydrogens is 242 g/mol. The molecule has 2 aliphatic rings. The highest BCUT2D eigenvalue weighted by Crippen LogP contribution is 2.11. The zero-order valence-electron chi connectivity index (χ0n) is 11.8. The Morgan fingerprint density at radius 3 is 2.63 bits per heavy atom. The van der Waals surface area contributed by atoms with Gasteiger partial charge in [0.05, 0.1) is 6.04 Å². The topological polar surface area (TPSA) is 61.4 Å². The molecule has 0 saturated carbocycles. The summed E-state index contributed by atoms with van der Waals surface area (Å²) in [7, 11) is 0. The maximum absolute atomic E-state index is 12.3. The summed E-state index contributed by atoms with van der Waals surface area (Å²) in [6.45, 7) is 4.40. The first-order valence-electron chi connectivity index (χ1n) is 7.48. The number of nitrogens with zero attached hydrogens (tertiary/aromatic N) is 1. The lowest BCUT2D eigenvalue weighted by Gasteiger charge is -2.25. The summed E-state index contributed by atoms with van der Waals surface area (Å²) in [5.41, 5.74) is 0. The first-order valence-corrected chi connectivity index (χ1v) is 7.48.